The third kappa shape index (κ3) is 3.00. The molecule has 0 unspecified atom stereocenters. The summed E-state index contributed by atoms with van der Waals surface area (Å²) < 4.78 is 25.2. The van der Waals surface area contributed by atoms with Crippen molar-refractivity contribution in [3.63, 3.8) is 0 Å². The molecule has 0 aromatic carbocycles. The Bertz CT molecular complexity index is 401. The minimum atomic E-state index is -3.41. The van der Waals surface area contributed by atoms with Crippen LogP contribution in [0.3, 0.4) is 0 Å². The van der Waals surface area contributed by atoms with Crippen molar-refractivity contribution in [3.05, 3.63) is 24.4 Å². The van der Waals surface area contributed by atoms with Gasteiger partial charge in [-0.15, -0.1) is 0 Å². The van der Waals surface area contributed by atoms with Gasteiger partial charge in [-0.25, -0.2) is 13.4 Å². The molecule has 0 bridgehead atoms. The lowest BCUT2D eigenvalue weighted by Gasteiger charge is -2.18. The topological polar surface area (TPSA) is 50.3 Å². The maximum Gasteiger partial charge on any atom is 0.260 e. The van der Waals surface area contributed by atoms with E-state index < -0.39 is 10.0 Å². The number of hydrogen-bond acceptors (Lipinski definition) is 3. The molecule has 84 valence electrons. The summed E-state index contributed by atoms with van der Waals surface area (Å²) >= 11 is 0. The van der Waals surface area contributed by atoms with Gasteiger partial charge in [0.15, 0.2) is 5.03 Å². The van der Waals surface area contributed by atoms with Crippen LogP contribution < -0.4 is 0 Å². The van der Waals surface area contributed by atoms with Gasteiger partial charge >= 0.3 is 0 Å². The number of rotatable bonds is 4. The van der Waals surface area contributed by atoms with E-state index in [1.807, 2.05) is 13.8 Å². The lowest BCUT2D eigenvalue weighted by atomic mass is 10.2. The maximum absolute atomic E-state index is 11.9. The Morgan fingerprint density at radius 3 is 2.53 bits per heavy atom. The van der Waals surface area contributed by atoms with Crippen LogP contribution in [-0.4, -0.2) is 31.3 Å². The van der Waals surface area contributed by atoms with E-state index in [4.69, 9.17) is 0 Å². The Balaban J connectivity index is 2.94. The fraction of sp³-hybridized carbons (Fsp3) is 0.500. The van der Waals surface area contributed by atoms with Gasteiger partial charge in [0.25, 0.3) is 10.0 Å². The number of nitrogens with zero attached hydrogens (tertiary/aromatic N) is 2. The molecule has 0 radical (unpaired) electrons. The van der Waals surface area contributed by atoms with Crippen LogP contribution in [0.4, 0.5) is 0 Å². The summed E-state index contributed by atoms with van der Waals surface area (Å²) in [5.74, 6) is 0.300. The molecule has 0 aliphatic heterocycles. The Morgan fingerprint density at radius 1 is 1.40 bits per heavy atom. The molecule has 4 nitrogen and oxygen atoms in total. The van der Waals surface area contributed by atoms with E-state index in [0.717, 1.165) is 0 Å². The third-order valence-corrected chi connectivity index (χ3v) is 3.67. The largest absolute Gasteiger partial charge is 0.260 e. The summed E-state index contributed by atoms with van der Waals surface area (Å²) in [6.07, 6.45) is 1.48. The second-order valence-electron chi connectivity index (χ2n) is 3.85. The Labute approximate surface area is 91.0 Å². The SMILES string of the molecule is CC(C)CN(C)S(=O)(=O)c1ccccn1. The molecule has 0 aliphatic rings. The number of pyridine rings is 1. The van der Waals surface area contributed by atoms with Gasteiger partial charge in [0.05, 0.1) is 0 Å². The van der Waals surface area contributed by atoms with E-state index in [0.29, 0.717) is 12.5 Å². The molecule has 1 heterocycles. The van der Waals surface area contributed by atoms with Gasteiger partial charge in [0, 0.05) is 19.8 Å². The van der Waals surface area contributed by atoms with Crippen molar-refractivity contribution < 1.29 is 8.42 Å². The van der Waals surface area contributed by atoms with Crippen LogP contribution in [-0.2, 0) is 10.0 Å². The van der Waals surface area contributed by atoms with Crippen molar-refractivity contribution in [2.75, 3.05) is 13.6 Å². The molecule has 1 rings (SSSR count). The van der Waals surface area contributed by atoms with Gasteiger partial charge in [-0.05, 0) is 18.1 Å². The summed E-state index contributed by atoms with van der Waals surface area (Å²) in [5, 5.41) is 0.105. The van der Waals surface area contributed by atoms with Gasteiger partial charge < -0.3 is 0 Å². The van der Waals surface area contributed by atoms with Crippen molar-refractivity contribution in [3.8, 4) is 0 Å². The average molecular weight is 228 g/mol. The van der Waals surface area contributed by atoms with E-state index >= 15 is 0 Å². The molecule has 15 heavy (non-hydrogen) atoms. The maximum atomic E-state index is 11.9. The monoisotopic (exact) mass is 228 g/mol. The summed E-state index contributed by atoms with van der Waals surface area (Å²) in [6.45, 7) is 4.45. The summed E-state index contributed by atoms with van der Waals surface area (Å²) in [5.41, 5.74) is 0. The van der Waals surface area contributed by atoms with Crippen LogP contribution in [0.25, 0.3) is 0 Å². The minimum absolute atomic E-state index is 0.105. The van der Waals surface area contributed by atoms with Gasteiger partial charge in [-0.3, -0.25) is 0 Å². The molecular formula is C10H16N2O2S. The minimum Gasteiger partial charge on any atom is -0.243 e. The molecule has 5 heteroatoms. The van der Waals surface area contributed by atoms with E-state index in [9.17, 15) is 8.42 Å². The fourth-order valence-corrected chi connectivity index (χ4v) is 2.53. The van der Waals surface area contributed by atoms with Crippen LogP contribution in [0.1, 0.15) is 13.8 Å². The van der Waals surface area contributed by atoms with E-state index in [1.54, 1.807) is 19.2 Å². The van der Waals surface area contributed by atoms with Gasteiger partial charge in [-0.1, -0.05) is 19.9 Å². The van der Waals surface area contributed by atoms with Crippen molar-refractivity contribution in [1.29, 1.82) is 0 Å². The highest BCUT2D eigenvalue weighted by Gasteiger charge is 2.21. The normalized spacial score (nSPS) is 12.3. The first-order chi connectivity index (χ1) is 6.94. The number of sulfonamides is 1. The van der Waals surface area contributed by atoms with Gasteiger partial charge in [0.2, 0.25) is 0 Å². The number of aromatic nitrogens is 1. The zero-order valence-electron chi connectivity index (χ0n) is 9.21. The standard InChI is InChI=1S/C10H16N2O2S/c1-9(2)8-12(3)15(13,14)10-6-4-5-7-11-10/h4-7,9H,8H2,1-3H3. The quantitative estimate of drug-likeness (QED) is 0.781. The molecule has 0 aliphatic carbocycles. The zero-order valence-corrected chi connectivity index (χ0v) is 10.0. The van der Waals surface area contributed by atoms with E-state index in [2.05, 4.69) is 4.98 Å². The lowest BCUT2D eigenvalue weighted by Crippen LogP contribution is -2.30. The number of hydrogen-bond donors (Lipinski definition) is 0. The molecule has 0 saturated heterocycles. The molecule has 0 N–H and O–H groups in total. The second kappa shape index (κ2) is 4.72. The van der Waals surface area contributed by atoms with Gasteiger partial charge in [0.1, 0.15) is 0 Å². The Morgan fingerprint density at radius 2 is 2.07 bits per heavy atom. The summed E-state index contributed by atoms with van der Waals surface area (Å²) in [6, 6.07) is 4.87. The molecule has 1 aromatic heterocycles. The smallest absolute Gasteiger partial charge is 0.243 e. The van der Waals surface area contributed by atoms with Crippen LogP contribution in [0.5, 0.6) is 0 Å². The van der Waals surface area contributed by atoms with Crippen LogP contribution in [0.15, 0.2) is 29.4 Å². The summed E-state index contributed by atoms with van der Waals surface area (Å²) in [4.78, 5) is 3.85. The predicted molar refractivity (Wildman–Crippen MR) is 58.9 cm³/mol. The molecule has 0 atom stereocenters. The van der Waals surface area contributed by atoms with Crippen molar-refractivity contribution in [2.45, 2.75) is 18.9 Å². The molecular weight excluding hydrogens is 212 g/mol. The first kappa shape index (κ1) is 12.1. The van der Waals surface area contributed by atoms with Crippen LogP contribution in [0.2, 0.25) is 0 Å². The highest BCUT2D eigenvalue weighted by Crippen LogP contribution is 2.11. The Kier molecular flexibility index (Phi) is 3.82. The van der Waals surface area contributed by atoms with Crippen molar-refractivity contribution >= 4 is 10.0 Å². The van der Waals surface area contributed by atoms with Crippen LogP contribution >= 0.6 is 0 Å². The molecule has 1 aromatic rings. The molecule has 0 spiro atoms. The van der Waals surface area contributed by atoms with E-state index in [1.165, 1.54) is 16.6 Å². The average Bonchev–Trinajstić information content (AvgIpc) is 2.18. The van der Waals surface area contributed by atoms with Crippen LogP contribution in [0, 0.1) is 5.92 Å². The van der Waals surface area contributed by atoms with Crippen molar-refractivity contribution in [2.24, 2.45) is 5.92 Å². The first-order valence-corrected chi connectivity index (χ1v) is 6.26. The first-order valence-electron chi connectivity index (χ1n) is 4.82. The second-order valence-corrected chi connectivity index (χ2v) is 5.84. The highest BCUT2D eigenvalue weighted by atomic mass is 32.2. The molecule has 0 fully saturated rings. The zero-order chi connectivity index (χ0) is 11.5. The van der Waals surface area contributed by atoms with Crippen molar-refractivity contribution in [1.82, 2.24) is 9.29 Å². The fourth-order valence-electron chi connectivity index (χ4n) is 1.27. The Hall–Kier alpha value is -0.940. The lowest BCUT2D eigenvalue weighted by molar-refractivity contribution is 0.415. The van der Waals surface area contributed by atoms with E-state index in [-0.39, 0.29) is 5.03 Å². The predicted octanol–water partition coefficient (Wildman–Crippen LogP) is 1.36. The van der Waals surface area contributed by atoms with Gasteiger partial charge in [-0.2, -0.15) is 4.31 Å². The third-order valence-electron chi connectivity index (χ3n) is 1.93. The summed E-state index contributed by atoms with van der Waals surface area (Å²) in [7, 11) is -1.84. The molecule has 0 amide bonds. The molecule has 0 saturated carbocycles. The highest BCUT2D eigenvalue weighted by molar-refractivity contribution is 7.89.